The molecule has 2 aromatic rings. The van der Waals surface area contributed by atoms with E-state index in [1.807, 2.05) is 24.3 Å². The molecular formula is C14H16N2O2. The molecule has 0 aliphatic heterocycles. The minimum atomic E-state index is -0.281. The number of esters is 1. The fourth-order valence-corrected chi connectivity index (χ4v) is 1.90. The van der Waals surface area contributed by atoms with Gasteiger partial charge in [0.05, 0.1) is 19.0 Å². The lowest BCUT2D eigenvalue weighted by Gasteiger charge is -2.10. The molecular weight excluding hydrogens is 228 g/mol. The van der Waals surface area contributed by atoms with E-state index in [4.69, 9.17) is 5.73 Å². The van der Waals surface area contributed by atoms with Crippen molar-refractivity contribution in [1.82, 2.24) is 4.98 Å². The Hall–Kier alpha value is -1.94. The zero-order valence-corrected chi connectivity index (χ0v) is 10.3. The highest BCUT2D eigenvalue weighted by Crippen LogP contribution is 2.14. The molecule has 4 nitrogen and oxygen atoms in total. The number of benzene rings is 1. The highest BCUT2D eigenvalue weighted by Gasteiger charge is 2.10. The molecule has 1 aromatic heterocycles. The third kappa shape index (κ3) is 3.05. The molecule has 2 N–H and O–H groups in total. The van der Waals surface area contributed by atoms with Crippen LogP contribution in [0.4, 0.5) is 0 Å². The van der Waals surface area contributed by atoms with Crippen molar-refractivity contribution in [1.29, 1.82) is 0 Å². The third-order valence-corrected chi connectivity index (χ3v) is 2.80. The Balaban J connectivity index is 2.09. The smallest absolute Gasteiger partial charge is 0.307 e. The number of nitrogens with two attached hydrogens (primary N) is 1. The first-order valence-corrected chi connectivity index (χ1v) is 5.85. The van der Waals surface area contributed by atoms with Crippen molar-refractivity contribution in [3.05, 3.63) is 42.1 Å². The summed E-state index contributed by atoms with van der Waals surface area (Å²) in [6.07, 6.45) is 2.65. The van der Waals surface area contributed by atoms with Crippen LogP contribution in [0.2, 0.25) is 0 Å². The average Bonchev–Trinajstić information content (AvgIpc) is 2.38. The molecule has 0 amide bonds. The van der Waals surface area contributed by atoms with Crippen molar-refractivity contribution in [2.45, 2.75) is 18.9 Å². The predicted octanol–water partition coefficient (Wildman–Crippen LogP) is 1.67. The lowest BCUT2D eigenvalue weighted by Crippen LogP contribution is -2.26. The summed E-state index contributed by atoms with van der Waals surface area (Å²) in [5, 5.41) is 1.08. The van der Waals surface area contributed by atoms with E-state index in [0.717, 1.165) is 16.5 Å². The number of hydrogen-bond acceptors (Lipinski definition) is 4. The maximum absolute atomic E-state index is 11.1. The molecule has 0 saturated heterocycles. The molecule has 1 atom stereocenters. The first-order chi connectivity index (χ1) is 8.69. The quantitative estimate of drug-likeness (QED) is 0.831. The van der Waals surface area contributed by atoms with Crippen LogP contribution in [0.25, 0.3) is 10.9 Å². The Labute approximate surface area is 106 Å². The number of methoxy groups -OCH3 is 1. The number of ether oxygens (including phenoxy) is 1. The molecule has 1 aromatic carbocycles. The Morgan fingerprint density at radius 2 is 2.22 bits per heavy atom. The lowest BCUT2D eigenvalue weighted by molar-refractivity contribution is -0.140. The summed E-state index contributed by atoms with van der Waals surface area (Å²) in [5.74, 6) is -0.281. The van der Waals surface area contributed by atoms with E-state index in [0.29, 0.717) is 6.42 Å². The fourth-order valence-electron chi connectivity index (χ4n) is 1.90. The van der Waals surface area contributed by atoms with Crippen molar-refractivity contribution in [3.63, 3.8) is 0 Å². The van der Waals surface area contributed by atoms with Crippen LogP contribution >= 0.6 is 0 Å². The first-order valence-electron chi connectivity index (χ1n) is 5.85. The van der Waals surface area contributed by atoms with Gasteiger partial charge in [-0.2, -0.15) is 0 Å². The van der Waals surface area contributed by atoms with Crippen LogP contribution in [-0.2, 0) is 16.0 Å². The second-order valence-electron chi connectivity index (χ2n) is 4.28. The van der Waals surface area contributed by atoms with E-state index in [2.05, 4.69) is 15.8 Å². The monoisotopic (exact) mass is 244 g/mol. The van der Waals surface area contributed by atoms with Gasteiger partial charge in [0.2, 0.25) is 0 Å². The van der Waals surface area contributed by atoms with E-state index in [1.165, 1.54) is 7.11 Å². The number of fused-ring (bicyclic) bond motifs is 1. The molecule has 0 saturated carbocycles. The van der Waals surface area contributed by atoms with Gasteiger partial charge in [0.1, 0.15) is 0 Å². The summed E-state index contributed by atoms with van der Waals surface area (Å²) in [6, 6.07) is 9.73. The summed E-state index contributed by atoms with van der Waals surface area (Å²) in [5.41, 5.74) is 7.89. The third-order valence-electron chi connectivity index (χ3n) is 2.80. The van der Waals surface area contributed by atoms with E-state index >= 15 is 0 Å². The molecule has 2 rings (SSSR count). The van der Waals surface area contributed by atoms with E-state index in [1.54, 1.807) is 6.20 Å². The van der Waals surface area contributed by atoms with Crippen molar-refractivity contribution in [2.24, 2.45) is 5.73 Å². The van der Waals surface area contributed by atoms with Gasteiger partial charge in [-0.05, 0) is 24.1 Å². The summed E-state index contributed by atoms with van der Waals surface area (Å²) in [6.45, 7) is 0. The molecule has 0 aliphatic carbocycles. The summed E-state index contributed by atoms with van der Waals surface area (Å²) in [4.78, 5) is 15.5. The van der Waals surface area contributed by atoms with E-state index in [9.17, 15) is 4.79 Å². The van der Waals surface area contributed by atoms with E-state index < -0.39 is 0 Å². The van der Waals surface area contributed by atoms with Crippen LogP contribution in [-0.4, -0.2) is 24.1 Å². The molecule has 18 heavy (non-hydrogen) atoms. The first kappa shape index (κ1) is 12.5. The van der Waals surface area contributed by atoms with Gasteiger partial charge in [0.15, 0.2) is 0 Å². The van der Waals surface area contributed by atoms with Gasteiger partial charge in [0.25, 0.3) is 0 Å². The number of aromatic nitrogens is 1. The molecule has 1 unspecified atom stereocenters. The highest BCUT2D eigenvalue weighted by atomic mass is 16.5. The maximum atomic E-state index is 11.1. The van der Waals surface area contributed by atoms with Crippen LogP contribution in [0, 0.1) is 0 Å². The number of carbonyl (C=O) groups excluding carboxylic acids is 1. The Bertz CT molecular complexity index is 554. The zero-order valence-electron chi connectivity index (χ0n) is 10.3. The van der Waals surface area contributed by atoms with Crippen LogP contribution in [0.3, 0.4) is 0 Å². The van der Waals surface area contributed by atoms with Crippen LogP contribution in [0.15, 0.2) is 36.5 Å². The standard InChI is InChI=1S/C14H16N2O2/c1-18-14(17)8-12(15)7-10-6-11-4-2-3-5-13(11)16-9-10/h2-6,9,12H,7-8,15H2,1H3. The van der Waals surface area contributed by atoms with Crippen LogP contribution in [0.5, 0.6) is 0 Å². The molecule has 0 bridgehead atoms. The predicted molar refractivity (Wildman–Crippen MR) is 70.1 cm³/mol. The molecule has 0 radical (unpaired) electrons. The molecule has 4 heteroatoms. The summed E-state index contributed by atoms with van der Waals surface area (Å²) >= 11 is 0. The summed E-state index contributed by atoms with van der Waals surface area (Å²) < 4.78 is 4.59. The average molecular weight is 244 g/mol. The summed E-state index contributed by atoms with van der Waals surface area (Å²) in [7, 11) is 1.37. The Morgan fingerprint density at radius 3 is 3.00 bits per heavy atom. The Kier molecular flexibility index (Phi) is 3.89. The highest BCUT2D eigenvalue weighted by molar-refractivity contribution is 5.78. The zero-order chi connectivity index (χ0) is 13.0. The van der Waals surface area contributed by atoms with Gasteiger partial charge in [-0.1, -0.05) is 18.2 Å². The second-order valence-corrected chi connectivity index (χ2v) is 4.28. The number of hydrogen-bond donors (Lipinski definition) is 1. The van der Waals surface area contributed by atoms with Gasteiger partial charge >= 0.3 is 5.97 Å². The number of para-hydroxylation sites is 1. The van der Waals surface area contributed by atoms with Gasteiger partial charge in [-0.25, -0.2) is 0 Å². The largest absolute Gasteiger partial charge is 0.469 e. The van der Waals surface area contributed by atoms with Crippen LogP contribution in [0.1, 0.15) is 12.0 Å². The lowest BCUT2D eigenvalue weighted by atomic mass is 10.0. The van der Waals surface area contributed by atoms with Crippen molar-refractivity contribution in [2.75, 3.05) is 7.11 Å². The molecule has 1 heterocycles. The molecule has 94 valence electrons. The number of carbonyl (C=O) groups is 1. The number of rotatable bonds is 4. The van der Waals surface area contributed by atoms with Crippen molar-refractivity contribution < 1.29 is 9.53 Å². The number of nitrogens with zero attached hydrogens (tertiary/aromatic N) is 1. The van der Waals surface area contributed by atoms with Gasteiger partial charge < -0.3 is 10.5 Å². The Morgan fingerprint density at radius 1 is 1.44 bits per heavy atom. The maximum Gasteiger partial charge on any atom is 0.307 e. The van der Waals surface area contributed by atoms with Crippen LogP contribution < -0.4 is 5.73 Å². The van der Waals surface area contributed by atoms with E-state index in [-0.39, 0.29) is 18.4 Å². The topological polar surface area (TPSA) is 65.2 Å². The normalized spacial score (nSPS) is 12.3. The minimum Gasteiger partial charge on any atom is -0.469 e. The van der Waals surface area contributed by atoms with Gasteiger partial charge in [-0.3, -0.25) is 9.78 Å². The van der Waals surface area contributed by atoms with Crippen molar-refractivity contribution >= 4 is 16.9 Å². The minimum absolute atomic E-state index is 0.226. The fraction of sp³-hybridized carbons (Fsp3) is 0.286. The second kappa shape index (κ2) is 5.60. The van der Waals surface area contributed by atoms with Crippen molar-refractivity contribution in [3.8, 4) is 0 Å². The SMILES string of the molecule is COC(=O)CC(N)Cc1cnc2ccccc2c1. The van der Waals surface area contributed by atoms with Gasteiger partial charge in [0, 0.05) is 17.6 Å². The molecule has 0 fully saturated rings. The molecule has 0 spiro atoms. The number of pyridine rings is 1. The molecule has 0 aliphatic rings. The van der Waals surface area contributed by atoms with Gasteiger partial charge in [-0.15, -0.1) is 0 Å².